The summed E-state index contributed by atoms with van der Waals surface area (Å²) in [5.41, 5.74) is 3.60. The average Bonchev–Trinajstić information content (AvgIpc) is 3.15. The van der Waals surface area contributed by atoms with E-state index in [1.54, 1.807) is 0 Å². The van der Waals surface area contributed by atoms with E-state index < -0.39 is 5.60 Å². The lowest BCUT2D eigenvalue weighted by atomic mass is 9.96. The van der Waals surface area contributed by atoms with Gasteiger partial charge in [-0.25, -0.2) is 9.78 Å². The van der Waals surface area contributed by atoms with E-state index in [2.05, 4.69) is 15.9 Å². The van der Waals surface area contributed by atoms with Gasteiger partial charge in [0.1, 0.15) is 24.6 Å². The minimum atomic E-state index is -0.459. The quantitative estimate of drug-likeness (QED) is 0.166. The average molecular weight is 680 g/mol. The molecule has 2 aliphatic heterocycles. The lowest BCUT2D eigenvalue weighted by Gasteiger charge is -2.39. The van der Waals surface area contributed by atoms with Gasteiger partial charge in [0.2, 0.25) is 11.8 Å². The molecule has 2 fully saturated rings. The number of likely N-dealkylation sites (tertiary alicyclic amines) is 1. The van der Waals surface area contributed by atoms with Gasteiger partial charge >= 0.3 is 6.09 Å². The Kier molecular flexibility index (Phi) is 13.1. The Morgan fingerprint density at radius 3 is 2.02 bits per heavy atom. The highest BCUT2D eigenvalue weighted by Crippen LogP contribution is 2.33. The van der Waals surface area contributed by atoms with Crippen molar-refractivity contribution in [2.24, 2.45) is 5.92 Å². The first-order valence-corrected chi connectivity index (χ1v) is 18.1. The topological polar surface area (TPSA) is 80.3 Å². The van der Waals surface area contributed by atoms with Crippen molar-refractivity contribution in [1.82, 2.24) is 19.8 Å². The number of piperazine rings is 1. The second kappa shape index (κ2) is 17.9. The van der Waals surface area contributed by atoms with Crippen LogP contribution in [0.4, 0.5) is 10.6 Å². The van der Waals surface area contributed by atoms with Crippen LogP contribution in [-0.4, -0.2) is 77.3 Å². The van der Waals surface area contributed by atoms with Crippen molar-refractivity contribution < 1.29 is 19.0 Å². The number of hydrogen-bond donors (Lipinski definition) is 0. The summed E-state index contributed by atoms with van der Waals surface area (Å²) in [4.78, 5) is 28.8. The molecule has 0 bridgehead atoms. The molecule has 0 unspecified atom stereocenters. The van der Waals surface area contributed by atoms with E-state index in [-0.39, 0.29) is 6.09 Å². The monoisotopic (exact) mass is 679 g/mol. The van der Waals surface area contributed by atoms with Crippen molar-refractivity contribution >= 4 is 11.9 Å². The number of benzene rings is 2. The van der Waals surface area contributed by atoms with Crippen LogP contribution in [0.5, 0.6) is 11.8 Å². The largest absolute Gasteiger partial charge is 0.473 e. The Morgan fingerprint density at radius 1 is 0.780 bits per heavy atom. The fourth-order valence-electron chi connectivity index (χ4n) is 6.20. The van der Waals surface area contributed by atoms with Crippen molar-refractivity contribution in [3.8, 4) is 22.9 Å². The zero-order chi connectivity index (χ0) is 35.3. The van der Waals surface area contributed by atoms with Crippen LogP contribution in [0, 0.1) is 5.92 Å². The number of nitrogens with zero attached hydrogens (tertiary/aromatic N) is 5. The molecule has 9 heteroatoms. The minimum Gasteiger partial charge on any atom is -0.473 e. The lowest BCUT2D eigenvalue weighted by Crippen LogP contribution is -2.49. The number of carbonyl (C=O) groups is 1. The van der Waals surface area contributed by atoms with E-state index >= 15 is 0 Å². The molecule has 0 aliphatic carbocycles. The van der Waals surface area contributed by atoms with Gasteiger partial charge in [-0.05, 0) is 74.4 Å². The first-order chi connectivity index (χ1) is 24.3. The molecular weight excluding hydrogens is 626 g/mol. The first kappa shape index (κ1) is 36.6. The fraction of sp³-hybridized carbons (Fsp3) is 0.439. The van der Waals surface area contributed by atoms with E-state index in [1.807, 2.05) is 125 Å². The highest BCUT2D eigenvalue weighted by Gasteiger charge is 2.29. The molecule has 9 nitrogen and oxygen atoms in total. The summed E-state index contributed by atoms with van der Waals surface area (Å²) in [6, 6.07) is 28.3. The van der Waals surface area contributed by atoms with Gasteiger partial charge in [-0.3, -0.25) is 4.90 Å². The molecule has 4 aromatic rings. The third-order valence-corrected chi connectivity index (χ3v) is 8.82. The van der Waals surface area contributed by atoms with Crippen LogP contribution >= 0.6 is 0 Å². The Morgan fingerprint density at radius 2 is 1.40 bits per heavy atom. The summed E-state index contributed by atoms with van der Waals surface area (Å²) in [6.45, 7) is 17.0. The van der Waals surface area contributed by atoms with E-state index in [1.165, 1.54) is 0 Å². The van der Waals surface area contributed by atoms with Crippen molar-refractivity contribution in [2.75, 3.05) is 50.7 Å². The Bertz CT molecular complexity index is 1610. The first-order valence-electron chi connectivity index (χ1n) is 18.1. The maximum Gasteiger partial charge on any atom is 0.410 e. The number of anilines is 1. The predicted molar refractivity (Wildman–Crippen MR) is 200 cm³/mol. The van der Waals surface area contributed by atoms with Gasteiger partial charge in [0.25, 0.3) is 0 Å². The maximum atomic E-state index is 12.5. The number of carbonyl (C=O) groups excluding carboxylic acids is 1. The van der Waals surface area contributed by atoms with Crippen LogP contribution in [0.1, 0.15) is 58.6 Å². The molecule has 2 aliphatic rings. The maximum absolute atomic E-state index is 12.5. The van der Waals surface area contributed by atoms with Crippen molar-refractivity contribution in [3.63, 3.8) is 0 Å². The number of piperidine rings is 1. The Hall–Kier alpha value is -4.63. The summed E-state index contributed by atoms with van der Waals surface area (Å²) >= 11 is 0. The van der Waals surface area contributed by atoms with E-state index in [9.17, 15) is 4.79 Å². The number of aromatic nitrogens is 2. The summed E-state index contributed by atoms with van der Waals surface area (Å²) in [6.07, 6.45) is 3.71. The summed E-state index contributed by atoms with van der Waals surface area (Å²) in [5, 5.41) is 0. The van der Waals surface area contributed by atoms with Crippen molar-refractivity contribution in [3.05, 3.63) is 102 Å². The van der Waals surface area contributed by atoms with Crippen LogP contribution in [0.3, 0.4) is 0 Å². The molecule has 2 aromatic heterocycles. The smallest absolute Gasteiger partial charge is 0.410 e. The third kappa shape index (κ3) is 10.7. The molecule has 50 heavy (non-hydrogen) atoms. The molecule has 0 saturated carbocycles. The molecule has 0 atom stereocenters. The second-order valence-electron chi connectivity index (χ2n) is 13.7. The van der Waals surface area contributed by atoms with E-state index in [0.717, 1.165) is 86.7 Å². The van der Waals surface area contributed by atoms with Crippen LogP contribution in [-0.2, 0) is 18.0 Å². The highest BCUT2D eigenvalue weighted by molar-refractivity contribution is 5.71. The summed E-state index contributed by atoms with van der Waals surface area (Å²) in [5.74, 6) is 2.60. The molecule has 0 spiro atoms. The highest BCUT2D eigenvalue weighted by atomic mass is 16.6. The molecule has 0 radical (unpaired) electrons. The zero-order valence-corrected chi connectivity index (χ0v) is 30.4. The van der Waals surface area contributed by atoms with Crippen LogP contribution < -0.4 is 14.4 Å². The van der Waals surface area contributed by atoms with Gasteiger partial charge in [-0.15, -0.1) is 0 Å². The SMILES string of the molecule is CC.CC(C)(C)OC(=O)N1CCC(CN2CCN(c3cc(-c4ccc(OCc5ccccc5)nc4OCc4ccccc4)ccn3)CC2)CC1. The normalized spacial score (nSPS) is 15.5. The number of amides is 1. The molecule has 2 saturated heterocycles. The Labute approximate surface area is 298 Å². The van der Waals surface area contributed by atoms with Gasteiger partial charge in [0.05, 0.1) is 0 Å². The molecular formula is C41H53N5O4. The summed E-state index contributed by atoms with van der Waals surface area (Å²) < 4.78 is 17.9. The van der Waals surface area contributed by atoms with Crippen LogP contribution in [0.25, 0.3) is 11.1 Å². The fourth-order valence-corrected chi connectivity index (χ4v) is 6.20. The molecule has 0 N–H and O–H groups in total. The van der Waals surface area contributed by atoms with E-state index in [4.69, 9.17) is 24.2 Å². The minimum absolute atomic E-state index is 0.192. The molecule has 2 aromatic carbocycles. The van der Waals surface area contributed by atoms with Crippen LogP contribution in [0.2, 0.25) is 0 Å². The van der Waals surface area contributed by atoms with Gasteiger partial charge in [-0.2, -0.15) is 4.98 Å². The summed E-state index contributed by atoms with van der Waals surface area (Å²) in [7, 11) is 0. The van der Waals surface area contributed by atoms with Crippen molar-refractivity contribution in [1.29, 1.82) is 0 Å². The van der Waals surface area contributed by atoms with E-state index in [0.29, 0.717) is 30.9 Å². The standard InChI is InChI=1S/C39H47N5O4.C2H6/c1-39(2,3)48-38(45)44-20-17-30(18-21-44)27-42-22-24-43(25-23-42)35-26-33(16-19-40-35)34-14-15-36(46-28-31-10-6-4-7-11-31)41-37(34)47-29-32-12-8-5-9-13-32;1-2/h4-16,19,26,30H,17-18,20-25,27-29H2,1-3H3;1-2H3. The number of ether oxygens (including phenoxy) is 3. The number of pyridine rings is 2. The molecule has 6 rings (SSSR count). The van der Waals surface area contributed by atoms with Gasteiger partial charge in [-0.1, -0.05) is 74.5 Å². The van der Waals surface area contributed by atoms with Crippen molar-refractivity contribution in [2.45, 2.75) is 66.3 Å². The molecule has 266 valence electrons. The Balaban J connectivity index is 0.00000239. The van der Waals surface area contributed by atoms with Crippen LogP contribution in [0.15, 0.2) is 91.1 Å². The predicted octanol–water partition coefficient (Wildman–Crippen LogP) is 8.10. The molecule has 1 amide bonds. The molecule has 4 heterocycles. The third-order valence-electron chi connectivity index (χ3n) is 8.82. The number of hydrogen-bond acceptors (Lipinski definition) is 8. The zero-order valence-electron chi connectivity index (χ0n) is 30.4. The number of rotatable bonds is 10. The second-order valence-corrected chi connectivity index (χ2v) is 13.7. The van der Waals surface area contributed by atoms with Gasteiger partial charge in [0.15, 0.2) is 0 Å². The van der Waals surface area contributed by atoms with Gasteiger partial charge in [0, 0.05) is 63.6 Å². The lowest BCUT2D eigenvalue weighted by molar-refractivity contribution is 0.0169. The van der Waals surface area contributed by atoms with Gasteiger partial charge < -0.3 is 24.0 Å².